The van der Waals surface area contributed by atoms with Gasteiger partial charge in [-0.1, -0.05) is 0 Å². The number of ketones is 1. The lowest BCUT2D eigenvalue weighted by molar-refractivity contribution is -0.119. The summed E-state index contributed by atoms with van der Waals surface area (Å²) in [6.45, 7) is 1.41. The van der Waals surface area contributed by atoms with Gasteiger partial charge < -0.3 is 14.8 Å². The fraction of sp³-hybridized carbons (Fsp3) is 0.333. The number of rotatable bonds is 5. The van der Waals surface area contributed by atoms with Crippen LogP contribution in [0.3, 0.4) is 0 Å². The average Bonchev–Trinajstić information content (AvgIpc) is 2.29. The topological polar surface area (TPSA) is 64.6 Å². The Kier molecular flexibility index (Phi) is 4.66. The molecule has 1 aromatic carbocycles. The van der Waals surface area contributed by atoms with E-state index in [1.807, 2.05) is 0 Å². The molecule has 1 N–H and O–H groups in total. The van der Waals surface area contributed by atoms with Gasteiger partial charge in [0.05, 0.1) is 12.8 Å². The largest absolute Gasteiger partial charge is 0.495 e. The van der Waals surface area contributed by atoms with Crippen molar-refractivity contribution in [1.82, 2.24) is 0 Å². The van der Waals surface area contributed by atoms with Crippen molar-refractivity contribution in [2.75, 3.05) is 26.1 Å². The van der Waals surface area contributed by atoms with Gasteiger partial charge >= 0.3 is 0 Å². The molecule has 1 amide bonds. The summed E-state index contributed by atoms with van der Waals surface area (Å²) >= 11 is 0. The molecular formula is C12H15NO4. The second kappa shape index (κ2) is 6.00. The molecule has 0 unspecified atom stereocenters. The van der Waals surface area contributed by atoms with Crippen LogP contribution < -0.4 is 10.1 Å². The van der Waals surface area contributed by atoms with E-state index >= 15 is 0 Å². The van der Waals surface area contributed by atoms with Gasteiger partial charge in [0.2, 0.25) is 5.91 Å². The van der Waals surface area contributed by atoms with Crippen LogP contribution in [0.15, 0.2) is 18.2 Å². The first-order chi connectivity index (χ1) is 8.08. The Balaban J connectivity index is 2.97. The van der Waals surface area contributed by atoms with Crippen molar-refractivity contribution in [3.8, 4) is 5.75 Å². The summed E-state index contributed by atoms with van der Waals surface area (Å²) in [4.78, 5) is 22.6. The molecule has 0 aliphatic rings. The number of benzene rings is 1. The van der Waals surface area contributed by atoms with E-state index in [-0.39, 0.29) is 18.3 Å². The lowest BCUT2D eigenvalue weighted by Crippen LogP contribution is -2.17. The van der Waals surface area contributed by atoms with Gasteiger partial charge in [-0.05, 0) is 25.1 Å². The number of hydrogen-bond acceptors (Lipinski definition) is 4. The SMILES string of the molecule is COCC(=O)Nc1cc(C(C)=O)ccc1OC. The molecule has 0 aromatic heterocycles. The van der Waals surface area contributed by atoms with E-state index in [1.165, 1.54) is 21.1 Å². The maximum Gasteiger partial charge on any atom is 0.250 e. The quantitative estimate of drug-likeness (QED) is 0.788. The predicted molar refractivity (Wildman–Crippen MR) is 63.5 cm³/mol. The van der Waals surface area contributed by atoms with E-state index in [0.29, 0.717) is 17.0 Å². The van der Waals surface area contributed by atoms with Gasteiger partial charge in [0.1, 0.15) is 12.4 Å². The Morgan fingerprint density at radius 3 is 2.53 bits per heavy atom. The summed E-state index contributed by atoms with van der Waals surface area (Å²) in [5, 5.41) is 2.62. The Morgan fingerprint density at radius 2 is 2.00 bits per heavy atom. The summed E-state index contributed by atoms with van der Waals surface area (Å²) in [5.41, 5.74) is 0.973. The fourth-order valence-corrected chi connectivity index (χ4v) is 1.34. The highest BCUT2D eigenvalue weighted by Crippen LogP contribution is 2.25. The van der Waals surface area contributed by atoms with Gasteiger partial charge in [0.15, 0.2) is 5.78 Å². The molecule has 0 heterocycles. The van der Waals surface area contributed by atoms with E-state index < -0.39 is 0 Å². The van der Waals surface area contributed by atoms with Gasteiger partial charge in [0.25, 0.3) is 0 Å². The minimum absolute atomic E-state index is 0.0482. The Hall–Kier alpha value is -1.88. The first-order valence-electron chi connectivity index (χ1n) is 5.06. The molecule has 0 atom stereocenters. The van der Waals surface area contributed by atoms with Crippen molar-refractivity contribution < 1.29 is 19.1 Å². The highest BCUT2D eigenvalue weighted by molar-refractivity contribution is 5.98. The van der Waals surface area contributed by atoms with Crippen LogP contribution in [0.25, 0.3) is 0 Å². The maximum atomic E-state index is 11.4. The van der Waals surface area contributed by atoms with Gasteiger partial charge in [0, 0.05) is 12.7 Å². The number of carbonyl (C=O) groups is 2. The smallest absolute Gasteiger partial charge is 0.250 e. The van der Waals surface area contributed by atoms with Crippen molar-refractivity contribution in [3.05, 3.63) is 23.8 Å². The molecule has 0 spiro atoms. The minimum atomic E-state index is -0.300. The van der Waals surface area contributed by atoms with Crippen LogP contribution in [-0.4, -0.2) is 32.5 Å². The zero-order chi connectivity index (χ0) is 12.8. The summed E-state index contributed by atoms with van der Waals surface area (Å²) in [5.74, 6) is 0.126. The van der Waals surface area contributed by atoms with Gasteiger partial charge in [-0.15, -0.1) is 0 Å². The van der Waals surface area contributed by atoms with Gasteiger partial charge in [-0.2, -0.15) is 0 Å². The molecule has 5 nitrogen and oxygen atoms in total. The summed E-state index contributed by atoms with van der Waals surface area (Å²) in [7, 11) is 2.93. The van der Waals surface area contributed by atoms with Gasteiger partial charge in [-0.3, -0.25) is 9.59 Å². The van der Waals surface area contributed by atoms with E-state index in [2.05, 4.69) is 5.32 Å². The molecule has 0 saturated carbocycles. The number of anilines is 1. The van der Waals surface area contributed by atoms with E-state index in [1.54, 1.807) is 18.2 Å². The average molecular weight is 237 g/mol. The second-order valence-electron chi connectivity index (χ2n) is 3.45. The fourth-order valence-electron chi connectivity index (χ4n) is 1.34. The zero-order valence-corrected chi connectivity index (χ0v) is 10.1. The van der Waals surface area contributed by atoms with Crippen LogP contribution in [-0.2, 0) is 9.53 Å². The Morgan fingerprint density at radius 1 is 1.29 bits per heavy atom. The molecule has 0 saturated heterocycles. The lowest BCUT2D eigenvalue weighted by atomic mass is 10.1. The van der Waals surface area contributed by atoms with Crippen molar-refractivity contribution >= 4 is 17.4 Å². The lowest BCUT2D eigenvalue weighted by Gasteiger charge is -2.10. The second-order valence-corrected chi connectivity index (χ2v) is 3.45. The molecule has 0 aliphatic heterocycles. The number of hydrogen-bond donors (Lipinski definition) is 1. The molecule has 1 rings (SSSR count). The van der Waals surface area contributed by atoms with Crippen LogP contribution in [0.2, 0.25) is 0 Å². The highest BCUT2D eigenvalue weighted by Gasteiger charge is 2.10. The van der Waals surface area contributed by atoms with E-state index in [4.69, 9.17) is 9.47 Å². The number of ether oxygens (including phenoxy) is 2. The normalized spacial score (nSPS) is 9.82. The molecule has 0 bridgehead atoms. The zero-order valence-electron chi connectivity index (χ0n) is 10.1. The standard InChI is InChI=1S/C12H15NO4/c1-8(14)9-4-5-11(17-3)10(6-9)13-12(15)7-16-2/h4-6H,7H2,1-3H3,(H,13,15). The third-order valence-electron chi connectivity index (χ3n) is 2.16. The number of nitrogens with one attached hydrogen (secondary N) is 1. The summed E-state index contributed by atoms with van der Waals surface area (Å²) in [6, 6.07) is 4.86. The molecule has 0 aliphatic carbocycles. The van der Waals surface area contributed by atoms with Crippen LogP contribution in [0.4, 0.5) is 5.69 Å². The minimum Gasteiger partial charge on any atom is -0.495 e. The number of carbonyl (C=O) groups excluding carboxylic acids is 2. The first kappa shape index (κ1) is 13.2. The number of Topliss-reactive ketones (excluding diaryl/α,β-unsaturated/α-hetero) is 1. The summed E-state index contributed by atoms with van der Waals surface area (Å²) in [6.07, 6.45) is 0. The molecule has 0 fully saturated rings. The van der Waals surface area contributed by atoms with E-state index in [9.17, 15) is 9.59 Å². The predicted octanol–water partition coefficient (Wildman–Crippen LogP) is 1.48. The summed E-state index contributed by atoms with van der Waals surface area (Å²) < 4.78 is 9.80. The maximum absolute atomic E-state index is 11.4. The molecule has 92 valence electrons. The third kappa shape index (κ3) is 3.57. The van der Waals surface area contributed by atoms with Gasteiger partial charge in [-0.25, -0.2) is 0 Å². The molecule has 17 heavy (non-hydrogen) atoms. The van der Waals surface area contributed by atoms with Crippen LogP contribution in [0.1, 0.15) is 17.3 Å². The van der Waals surface area contributed by atoms with Crippen LogP contribution in [0.5, 0.6) is 5.75 Å². The number of methoxy groups -OCH3 is 2. The third-order valence-corrected chi connectivity index (χ3v) is 2.16. The van der Waals surface area contributed by atoms with Crippen LogP contribution >= 0.6 is 0 Å². The molecule has 5 heteroatoms. The van der Waals surface area contributed by atoms with Crippen molar-refractivity contribution in [2.45, 2.75) is 6.92 Å². The highest BCUT2D eigenvalue weighted by atomic mass is 16.5. The van der Waals surface area contributed by atoms with Crippen molar-refractivity contribution in [2.24, 2.45) is 0 Å². The monoisotopic (exact) mass is 237 g/mol. The Bertz CT molecular complexity index is 429. The van der Waals surface area contributed by atoms with Crippen molar-refractivity contribution in [3.63, 3.8) is 0 Å². The van der Waals surface area contributed by atoms with Crippen LogP contribution in [0, 0.1) is 0 Å². The molecule has 1 aromatic rings. The number of amides is 1. The molecular weight excluding hydrogens is 222 g/mol. The molecule has 0 radical (unpaired) electrons. The first-order valence-corrected chi connectivity index (χ1v) is 5.06. The Labute approximate surface area is 99.7 Å². The van der Waals surface area contributed by atoms with Crippen molar-refractivity contribution in [1.29, 1.82) is 0 Å². The van der Waals surface area contributed by atoms with E-state index in [0.717, 1.165) is 0 Å².